The molecule has 0 unspecified atom stereocenters. The summed E-state index contributed by atoms with van der Waals surface area (Å²) in [5.74, 6) is 3.23. The van der Waals surface area contributed by atoms with Gasteiger partial charge < -0.3 is 36.6 Å². The lowest BCUT2D eigenvalue weighted by atomic mass is 9.99. The number of amides is 4. The number of nitrogens with zero attached hydrogens (tertiary/aromatic N) is 10. The Balaban J connectivity index is 0.685. The lowest BCUT2D eigenvalue weighted by Gasteiger charge is -2.14. The molecule has 0 radical (unpaired) electrons. The van der Waals surface area contributed by atoms with E-state index in [4.69, 9.17) is 58.3 Å². The molecule has 0 aliphatic carbocycles. The Bertz CT molecular complexity index is 4730. The first-order chi connectivity index (χ1) is 46.2. The zero-order valence-electron chi connectivity index (χ0n) is 52.3. The minimum Gasteiger partial charge on any atom is -0.378 e. The Morgan fingerprint density at radius 1 is 0.579 bits per heavy atom. The number of thiophene rings is 2. The van der Waals surface area contributed by atoms with Crippen LogP contribution in [-0.2, 0) is 49.6 Å². The molecule has 480 valence electrons. The second-order valence-corrected chi connectivity index (χ2v) is 26.9. The molecule has 21 nitrogen and oxygen atoms in total. The van der Waals surface area contributed by atoms with Crippen LogP contribution in [0.4, 0.5) is 23.0 Å². The third-order valence-corrected chi connectivity index (χ3v) is 20.3. The zero-order valence-corrected chi connectivity index (χ0v) is 55.4. The average molecular weight is 1340 g/mol. The van der Waals surface area contributed by atoms with Gasteiger partial charge in [-0.1, -0.05) is 59.6 Å². The van der Waals surface area contributed by atoms with Crippen LogP contribution in [0.5, 0.6) is 0 Å². The molecule has 25 heteroatoms. The molecule has 0 saturated carbocycles. The van der Waals surface area contributed by atoms with Crippen LogP contribution < -0.4 is 31.9 Å². The topological polar surface area (TPSA) is 262 Å². The fraction of sp³-hybridized carbons (Fsp3) is 0.257. The van der Waals surface area contributed by atoms with Gasteiger partial charge in [0.25, 0.3) is 0 Å². The van der Waals surface area contributed by atoms with Crippen LogP contribution in [0.25, 0.3) is 32.3 Å². The fourth-order valence-electron chi connectivity index (χ4n) is 12.4. The van der Waals surface area contributed by atoms with Gasteiger partial charge in [-0.05, 0) is 134 Å². The number of anilines is 4. The molecule has 4 amide bonds. The summed E-state index contributed by atoms with van der Waals surface area (Å²) in [4.78, 5) is 74.5. The van der Waals surface area contributed by atoms with Crippen LogP contribution in [0, 0.1) is 27.7 Å². The Morgan fingerprint density at radius 3 is 1.65 bits per heavy atom. The molecule has 10 heterocycles. The van der Waals surface area contributed by atoms with E-state index in [1.54, 1.807) is 35.1 Å². The molecule has 6 N–H and O–H groups in total. The van der Waals surface area contributed by atoms with E-state index in [-0.39, 0.29) is 49.6 Å². The highest BCUT2D eigenvalue weighted by atomic mass is 35.5. The number of nitrogens with one attached hydrogen (secondary N) is 6. The van der Waals surface area contributed by atoms with Gasteiger partial charge >= 0.3 is 0 Å². The van der Waals surface area contributed by atoms with Crippen LogP contribution in [0.15, 0.2) is 132 Å². The van der Waals surface area contributed by atoms with Gasteiger partial charge in [0, 0.05) is 116 Å². The number of hydrogen-bond donors (Lipinski definition) is 6. The number of halogens is 2. The van der Waals surface area contributed by atoms with Crippen molar-refractivity contribution in [3.05, 3.63) is 209 Å². The van der Waals surface area contributed by atoms with Crippen LogP contribution in [0.2, 0.25) is 10.0 Å². The largest absolute Gasteiger partial charge is 0.378 e. The second kappa shape index (κ2) is 26.9. The van der Waals surface area contributed by atoms with Crippen molar-refractivity contribution in [2.24, 2.45) is 9.98 Å². The molecule has 14 rings (SSSR count). The number of pyridine rings is 2. The maximum absolute atomic E-state index is 14.2. The summed E-state index contributed by atoms with van der Waals surface area (Å²) in [5, 5.41) is 41.1. The summed E-state index contributed by atoms with van der Waals surface area (Å²) in [7, 11) is 0. The summed E-state index contributed by atoms with van der Waals surface area (Å²) in [6.45, 7) is 10.5. The van der Waals surface area contributed by atoms with Crippen molar-refractivity contribution in [2.75, 3.05) is 60.7 Å². The number of ether oxygens (including phenoxy) is 1. The maximum Gasteiger partial charge on any atom is 0.228 e. The van der Waals surface area contributed by atoms with Crippen molar-refractivity contribution in [3.63, 3.8) is 0 Å². The molecule has 0 spiro atoms. The molecule has 4 aliphatic heterocycles. The van der Waals surface area contributed by atoms with Crippen LogP contribution >= 0.6 is 45.9 Å². The maximum atomic E-state index is 14.2. The molecule has 95 heavy (non-hydrogen) atoms. The van der Waals surface area contributed by atoms with Crippen molar-refractivity contribution >= 4 is 104 Å². The van der Waals surface area contributed by atoms with E-state index in [1.807, 2.05) is 109 Å². The second-order valence-electron chi connectivity index (χ2n) is 23.6. The van der Waals surface area contributed by atoms with Crippen molar-refractivity contribution in [1.29, 1.82) is 0 Å². The number of hydrogen-bond acceptors (Lipinski definition) is 17. The van der Waals surface area contributed by atoms with Gasteiger partial charge in [-0.15, -0.1) is 43.1 Å². The van der Waals surface area contributed by atoms with Crippen LogP contribution in [0.1, 0.15) is 102 Å². The van der Waals surface area contributed by atoms with E-state index >= 15 is 0 Å². The number of fused-ring (bicyclic) bond motifs is 8. The Hall–Kier alpha value is -9.78. The fourth-order valence-corrected chi connectivity index (χ4v) is 15.0. The van der Waals surface area contributed by atoms with Gasteiger partial charge in [0.05, 0.1) is 50.3 Å². The van der Waals surface area contributed by atoms with Crippen molar-refractivity contribution < 1.29 is 23.9 Å². The van der Waals surface area contributed by atoms with Crippen LogP contribution in [0.3, 0.4) is 0 Å². The molecular formula is C70H64Cl2N16O5S2. The normalized spacial score (nSPS) is 15.0. The SMILES string of the molecule is Cc1sc2c(c1C)C(c1ccc(Cl)cc1)=N[C@@H](CC(=O)NCCNc1ccc(-c3ccc4c(c3)CC(=O)N4)cn1)c1nnc(CCc3nnc4n3-c3sc(C)c(C)c3C(c3ccc(Cl)cc3)=N[C@H]4CC(=O)NCCOCCNc3ncccc3-c3ccc4c(c3)CC(=O)N4)n1-2. The number of rotatable bonds is 22. The first kappa shape index (κ1) is 62.7. The summed E-state index contributed by atoms with van der Waals surface area (Å²) < 4.78 is 10.2. The minimum absolute atomic E-state index is 0.0104. The Labute approximate surface area is 565 Å². The first-order valence-electron chi connectivity index (χ1n) is 31.3. The van der Waals surface area contributed by atoms with Crippen LogP contribution in [-0.4, -0.2) is 114 Å². The molecule has 4 aliphatic rings. The number of carbonyl (C=O) groups excluding carboxylic acids is 4. The van der Waals surface area contributed by atoms with Gasteiger partial charge in [0.1, 0.15) is 45.4 Å². The summed E-state index contributed by atoms with van der Waals surface area (Å²) >= 11 is 16.2. The number of benzene rings is 4. The third-order valence-electron chi connectivity index (χ3n) is 17.4. The summed E-state index contributed by atoms with van der Waals surface area (Å²) in [6.07, 6.45) is 4.92. The number of carbonyl (C=O) groups is 4. The Kier molecular flexibility index (Phi) is 17.7. The van der Waals surface area contributed by atoms with Gasteiger partial charge in [-0.25, -0.2) is 9.97 Å². The van der Waals surface area contributed by atoms with Crippen molar-refractivity contribution in [1.82, 2.24) is 50.1 Å². The zero-order chi connectivity index (χ0) is 65.4. The monoisotopic (exact) mass is 1340 g/mol. The van der Waals surface area contributed by atoms with Gasteiger partial charge in [-0.2, -0.15) is 0 Å². The molecule has 6 aromatic heterocycles. The minimum atomic E-state index is -0.742. The molecule has 4 aromatic carbocycles. The summed E-state index contributed by atoms with van der Waals surface area (Å²) in [5.41, 5.74) is 14.4. The predicted octanol–water partition coefficient (Wildman–Crippen LogP) is 11.4. The number of aryl methyl sites for hydroxylation is 4. The summed E-state index contributed by atoms with van der Waals surface area (Å²) in [6, 6.07) is 33.3. The average Bonchev–Trinajstić information content (AvgIpc) is 1.61. The number of aliphatic imine (C=N–C) groups is 2. The standard InChI is InChI=1S/C70H64Cl2N16O5S2/c1-37-39(3)94-69-62(37)64(41-7-14-48(71)15-8-41)81-53(34-58(89)74-25-24-73-55-20-13-45(36-78-55)43-11-18-51-46(30-43)32-60(91)79-51)67-85-83-56(87(67)69)21-22-57-84-86-68-54(82-65(42-9-16-49(72)17-10-42)63-38(2)40(4)95-70(63)88(57)68)35-59(90)75-26-28-93-29-27-77-66-50(6-5-23-76-66)44-12-19-52-47(31-44)33-61(92)80-52/h5-20,23,30-31,36,53-54H,21-22,24-29,32-35H2,1-4H3,(H,73,78)(H,74,89)(H,75,90)(H,76,77)(H,79,91)(H,80,92)/t53-,54-/m0/s1. The molecule has 2 atom stereocenters. The highest BCUT2D eigenvalue weighted by Crippen LogP contribution is 2.43. The van der Waals surface area contributed by atoms with E-state index in [9.17, 15) is 19.2 Å². The highest BCUT2D eigenvalue weighted by molar-refractivity contribution is 7.15. The van der Waals surface area contributed by atoms with E-state index < -0.39 is 12.1 Å². The molecule has 10 aromatic rings. The van der Waals surface area contributed by atoms with E-state index in [1.165, 1.54) is 0 Å². The van der Waals surface area contributed by atoms with Gasteiger partial charge in [-0.3, -0.25) is 38.3 Å². The molecule has 0 bridgehead atoms. The van der Waals surface area contributed by atoms with E-state index in [0.717, 1.165) is 109 Å². The van der Waals surface area contributed by atoms with E-state index in [0.29, 0.717) is 96.9 Å². The lowest BCUT2D eigenvalue weighted by Crippen LogP contribution is -2.30. The highest BCUT2D eigenvalue weighted by Gasteiger charge is 2.36. The first-order valence-corrected chi connectivity index (χ1v) is 33.7. The van der Waals surface area contributed by atoms with E-state index in [2.05, 4.69) is 78.7 Å². The van der Waals surface area contributed by atoms with Gasteiger partial charge in [0.2, 0.25) is 23.6 Å². The third kappa shape index (κ3) is 13.0. The molecule has 0 fully saturated rings. The molecule has 0 saturated heterocycles. The lowest BCUT2D eigenvalue weighted by molar-refractivity contribution is -0.122. The molecular weight excluding hydrogens is 1280 g/mol. The van der Waals surface area contributed by atoms with Crippen molar-refractivity contribution in [3.8, 4) is 32.3 Å². The Morgan fingerprint density at radius 2 is 1.09 bits per heavy atom. The smallest absolute Gasteiger partial charge is 0.228 e. The van der Waals surface area contributed by atoms with Gasteiger partial charge in [0.15, 0.2) is 11.6 Å². The van der Waals surface area contributed by atoms with Crippen molar-refractivity contribution in [2.45, 2.75) is 78.3 Å². The predicted molar refractivity (Wildman–Crippen MR) is 372 cm³/mol. The quantitative estimate of drug-likeness (QED) is 0.0345. The number of aromatic nitrogens is 8.